The largest absolute Gasteiger partial charge is 0.352 e. The zero-order valence-electron chi connectivity index (χ0n) is 9.62. The first-order valence-corrected chi connectivity index (χ1v) is 5.81. The Morgan fingerprint density at radius 2 is 2.20 bits per heavy atom. The number of nitrogens with zero attached hydrogens (tertiary/aromatic N) is 1. The maximum atomic E-state index is 11.7. The van der Waals surface area contributed by atoms with Gasteiger partial charge in [0.25, 0.3) is 0 Å². The van der Waals surface area contributed by atoms with Crippen molar-refractivity contribution in [3.63, 3.8) is 0 Å². The van der Waals surface area contributed by atoms with Gasteiger partial charge in [-0.2, -0.15) is 0 Å². The SMILES string of the molecule is CC1CC(NC(=O)C2(N)CC2)CCN1C. The molecule has 15 heavy (non-hydrogen) atoms. The summed E-state index contributed by atoms with van der Waals surface area (Å²) in [5.74, 6) is 0.0595. The van der Waals surface area contributed by atoms with Crippen LogP contribution in [-0.2, 0) is 4.79 Å². The van der Waals surface area contributed by atoms with Gasteiger partial charge < -0.3 is 16.0 Å². The van der Waals surface area contributed by atoms with Gasteiger partial charge in [0.1, 0.15) is 0 Å². The number of carbonyl (C=O) groups is 1. The van der Waals surface area contributed by atoms with Crippen LogP contribution in [0, 0.1) is 0 Å². The van der Waals surface area contributed by atoms with Crippen molar-refractivity contribution in [1.29, 1.82) is 0 Å². The lowest BCUT2D eigenvalue weighted by atomic mass is 9.98. The quantitative estimate of drug-likeness (QED) is 0.680. The molecule has 0 aromatic carbocycles. The van der Waals surface area contributed by atoms with Gasteiger partial charge >= 0.3 is 0 Å². The summed E-state index contributed by atoms with van der Waals surface area (Å²) >= 11 is 0. The van der Waals surface area contributed by atoms with Crippen LogP contribution in [0.15, 0.2) is 0 Å². The Kier molecular flexibility index (Phi) is 2.73. The highest BCUT2D eigenvalue weighted by atomic mass is 16.2. The molecule has 1 saturated heterocycles. The highest BCUT2D eigenvalue weighted by molar-refractivity contribution is 5.89. The zero-order valence-corrected chi connectivity index (χ0v) is 9.62. The average Bonchev–Trinajstić information content (AvgIpc) is 2.92. The van der Waals surface area contributed by atoms with E-state index in [1.54, 1.807) is 0 Å². The van der Waals surface area contributed by atoms with E-state index >= 15 is 0 Å². The van der Waals surface area contributed by atoms with Crippen molar-refractivity contribution >= 4 is 5.91 Å². The van der Waals surface area contributed by atoms with E-state index in [2.05, 4.69) is 24.2 Å². The summed E-state index contributed by atoms with van der Waals surface area (Å²) in [5.41, 5.74) is 5.33. The fraction of sp³-hybridized carbons (Fsp3) is 0.909. The first-order chi connectivity index (χ1) is 7.01. The standard InChI is InChI=1S/C11H21N3O/c1-8-7-9(3-6-14(8)2)13-10(15)11(12)4-5-11/h8-9H,3-7,12H2,1-2H3,(H,13,15). The van der Waals surface area contributed by atoms with Crippen molar-refractivity contribution in [3.05, 3.63) is 0 Å². The molecule has 2 rings (SSSR count). The number of hydrogen-bond donors (Lipinski definition) is 2. The zero-order chi connectivity index (χ0) is 11.1. The lowest BCUT2D eigenvalue weighted by molar-refractivity contribution is -0.124. The fourth-order valence-electron chi connectivity index (χ4n) is 2.11. The molecule has 2 aliphatic rings. The van der Waals surface area contributed by atoms with E-state index in [0.29, 0.717) is 12.1 Å². The molecule has 1 saturated carbocycles. The number of nitrogens with two attached hydrogens (primary N) is 1. The van der Waals surface area contributed by atoms with Gasteiger partial charge in [-0.05, 0) is 39.7 Å². The third-order valence-corrected chi connectivity index (χ3v) is 3.78. The monoisotopic (exact) mass is 211 g/mol. The van der Waals surface area contributed by atoms with E-state index in [0.717, 1.165) is 32.2 Å². The Hall–Kier alpha value is -0.610. The Morgan fingerprint density at radius 1 is 1.53 bits per heavy atom. The van der Waals surface area contributed by atoms with Crippen LogP contribution in [-0.4, -0.2) is 42.0 Å². The second-order valence-electron chi connectivity index (χ2n) is 5.18. The Balaban J connectivity index is 1.83. The summed E-state index contributed by atoms with van der Waals surface area (Å²) in [4.78, 5) is 14.1. The van der Waals surface area contributed by atoms with Gasteiger partial charge in [0.05, 0.1) is 5.54 Å². The van der Waals surface area contributed by atoms with Crippen LogP contribution in [0.25, 0.3) is 0 Å². The van der Waals surface area contributed by atoms with E-state index in [9.17, 15) is 4.79 Å². The lowest BCUT2D eigenvalue weighted by Gasteiger charge is -2.35. The van der Waals surface area contributed by atoms with Crippen molar-refractivity contribution in [1.82, 2.24) is 10.2 Å². The molecule has 3 N–H and O–H groups in total. The van der Waals surface area contributed by atoms with Gasteiger partial charge in [-0.15, -0.1) is 0 Å². The molecule has 4 nitrogen and oxygen atoms in total. The molecule has 0 spiro atoms. The molecule has 2 unspecified atom stereocenters. The Bertz CT molecular complexity index is 263. The van der Waals surface area contributed by atoms with Crippen molar-refractivity contribution in [2.45, 2.75) is 50.2 Å². The lowest BCUT2D eigenvalue weighted by Crippen LogP contribution is -2.52. The normalized spacial score (nSPS) is 34.9. The summed E-state index contributed by atoms with van der Waals surface area (Å²) in [6.45, 7) is 3.26. The summed E-state index contributed by atoms with van der Waals surface area (Å²) < 4.78 is 0. The van der Waals surface area contributed by atoms with Gasteiger partial charge in [-0.3, -0.25) is 4.79 Å². The second-order valence-corrected chi connectivity index (χ2v) is 5.18. The number of hydrogen-bond acceptors (Lipinski definition) is 3. The number of amides is 1. The average molecular weight is 211 g/mol. The number of rotatable bonds is 2. The minimum absolute atomic E-state index is 0.0595. The molecule has 1 aliphatic heterocycles. The third-order valence-electron chi connectivity index (χ3n) is 3.78. The highest BCUT2D eigenvalue weighted by Crippen LogP contribution is 2.32. The van der Waals surface area contributed by atoms with Crippen LogP contribution in [0.2, 0.25) is 0 Å². The number of piperidine rings is 1. The minimum Gasteiger partial charge on any atom is -0.352 e. The molecule has 0 bridgehead atoms. The van der Waals surface area contributed by atoms with Gasteiger partial charge in [-0.25, -0.2) is 0 Å². The predicted molar refractivity (Wildman–Crippen MR) is 59.4 cm³/mol. The van der Waals surface area contributed by atoms with Crippen LogP contribution in [0.3, 0.4) is 0 Å². The van der Waals surface area contributed by atoms with Crippen LogP contribution in [0.1, 0.15) is 32.6 Å². The molecular formula is C11H21N3O. The van der Waals surface area contributed by atoms with Crippen molar-refractivity contribution in [2.75, 3.05) is 13.6 Å². The number of nitrogens with one attached hydrogen (secondary N) is 1. The van der Waals surface area contributed by atoms with E-state index in [-0.39, 0.29) is 5.91 Å². The second kappa shape index (κ2) is 3.76. The first-order valence-electron chi connectivity index (χ1n) is 5.81. The summed E-state index contributed by atoms with van der Waals surface area (Å²) in [7, 11) is 2.13. The first kappa shape index (κ1) is 10.9. The van der Waals surface area contributed by atoms with Crippen LogP contribution in [0.5, 0.6) is 0 Å². The molecule has 0 aromatic rings. The van der Waals surface area contributed by atoms with Gasteiger partial charge in [0.15, 0.2) is 0 Å². The predicted octanol–water partition coefficient (Wildman–Crippen LogP) is 0.0766. The Morgan fingerprint density at radius 3 is 2.73 bits per heavy atom. The van der Waals surface area contributed by atoms with Gasteiger partial charge in [-0.1, -0.05) is 0 Å². The molecular weight excluding hydrogens is 190 g/mol. The smallest absolute Gasteiger partial charge is 0.240 e. The van der Waals surface area contributed by atoms with Crippen LogP contribution >= 0.6 is 0 Å². The maximum absolute atomic E-state index is 11.7. The van der Waals surface area contributed by atoms with E-state index in [4.69, 9.17) is 5.73 Å². The molecule has 1 aliphatic carbocycles. The van der Waals surface area contributed by atoms with Crippen LogP contribution < -0.4 is 11.1 Å². The van der Waals surface area contributed by atoms with Crippen molar-refractivity contribution < 1.29 is 4.79 Å². The molecule has 86 valence electrons. The van der Waals surface area contributed by atoms with E-state index < -0.39 is 5.54 Å². The number of likely N-dealkylation sites (tertiary alicyclic amines) is 1. The molecule has 0 aromatic heterocycles. The maximum Gasteiger partial charge on any atom is 0.240 e. The van der Waals surface area contributed by atoms with Gasteiger partial charge in [0.2, 0.25) is 5.91 Å². The molecule has 2 fully saturated rings. The van der Waals surface area contributed by atoms with Crippen LogP contribution in [0.4, 0.5) is 0 Å². The number of carbonyl (C=O) groups excluding carboxylic acids is 1. The molecule has 1 heterocycles. The van der Waals surface area contributed by atoms with Crippen molar-refractivity contribution in [3.8, 4) is 0 Å². The summed E-state index contributed by atoms with van der Waals surface area (Å²) in [6, 6.07) is 0.877. The highest BCUT2D eigenvalue weighted by Gasteiger charge is 2.46. The topological polar surface area (TPSA) is 58.4 Å². The summed E-state index contributed by atoms with van der Waals surface area (Å²) in [5, 5.41) is 3.08. The Labute approximate surface area is 91.2 Å². The van der Waals surface area contributed by atoms with E-state index in [1.807, 2.05) is 0 Å². The molecule has 2 atom stereocenters. The fourth-order valence-corrected chi connectivity index (χ4v) is 2.11. The third kappa shape index (κ3) is 2.32. The minimum atomic E-state index is -0.521. The summed E-state index contributed by atoms with van der Waals surface area (Å²) in [6.07, 6.45) is 3.78. The molecule has 4 heteroatoms. The van der Waals surface area contributed by atoms with Gasteiger partial charge in [0, 0.05) is 18.6 Å². The molecule has 1 amide bonds. The molecule has 0 radical (unpaired) electrons. The van der Waals surface area contributed by atoms with Crippen molar-refractivity contribution in [2.24, 2.45) is 5.73 Å². The van der Waals surface area contributed by atoms with E-state index in [1.165, 1.54) is 0 Å².